The number of aromatic amines is 1. The van der Waals surface area contributed by atoms with Crippen LogP contribution in [0.5, 0.6) is 0 Å². The standard InChI is InChI=1S/C13H16N2O/c1-8(2)15-13(16)11-6-4-5-10-9(3)7-14-12(10)11/h4-8,14H,1-3H3,(H,15,16). The fraction of sp³-hybridized carbons (Fsp3) is 0.308. The number of H-pyrrole nitrogens is 1. The van der Waals surface area contributed by atoms with Crippen molar-refractivity contribution >= 4 is 16.8 Å². The molecule has 84 valence electrons. The molecule has 2 rings (SSSR count). The lowest BCUT2D eigenvalue weighted by Crippen LogP contribution is -2.30. The van der Waals surface area contributed by atoms with Gasteiger partial charge in [0.2, 0.25) is 0 Å². The van der Waals surface area contributed by atoms with Crippen LogP contribution in [-0.2, 0) is 0 Å². The van der Waals surface area contributed by atoms with Gasteiger partial charge in [0.1, 0.15) is 0 Å². The molecule has 0 saturated heterocycles. The van der Waals surface area contributed by atoms with Gasteiger partial charge in [-0.15, -0.1) is 0 Å². The number of hydrogen-bond donors (Lipinski definition) is 2. The Morgan fingerprint density at radius 3 is 2.81 bits per heavy atom. The van der Waals surface area contributed by atoms with Gasteiger partial charge >= 0.3 is 0 Å². The Morgan fingerprint density at radius 2 is 2.12 bits per heavy atom. The summed E-state index contributed by atoms with van der Waals surface area (Å²) in [7, 11) is 0. The van der Waals surface area contributed by atoms with Crippen LogP contribution in [0.15, 0.2) is 24.4 Å². The molecule has 2 N–H and O–H groups in total. The van der Waals surface area contributed by atoms with Crippen molar-refractivity contribution in [2.45, 2.75) is 26.8 Å². The van der Waals surface area contributed by atoms with E-state index in [1.807, 2.05) is 45.2 Å². The van der Waals surface area contributed by atoms with E-state index in [2.05, 4.69) is 10.3 Å². The molecule has 3 nitrogen and oxygen atoms in total. The zero-order valence-corrected chi connectivity index (χ0v) is 9.79. The number of aryl methyl sites for hydroxylation is 1. The summed E-state index contributed by atoms with van der Waals surface area (Å²) in [6.07, 6.45) is 1.93. The van der Waals surface area contributed by atoms with Crippen molar-refractivity contribution in [1.29, 1.82) is 0 Å². The van der Waals surface area contributed by atoms with Gasteiger partial charge in [0.05, 0.1) is 11.1 Å². The Balaban J connectivity index is 2.48. The number of fused-ring (bicyclic) bond motifs is 1. The number of amides is 1. The topological polar surface area (TPSA) is 44.9 Å². The summed E-state index contributed by atoms with van der Waals surface area (Å²) in [6, 6.07) is 5.93. The molecule has 2 aromatic rings. The molecule has 0 saturated carbocycles. The predicted octanol–water partition coefficient (Wildman–Crippen LogP) is 2.61. The van der Waals surface area contributed by atoms with Crippen molar-refractivity contribution in [1.82, 2.24) is 10.3 Å². The lowest BCUT2D eigenvalue weighted by molar-refractivity contribution is 0.0944. The van der Waals surface area contributed by atoms with Gasteiger partial charge in [0, 0.05) is 17.6 Å². The average Bonchev–Trinajstić information content (AvgIpc) is 2.59. The lowest BCUT2D eigenvalue weighted by atomic mass is 10.1. The van der Waals surface area contributed by atoms with Gasteiger partial charge in [-0.3, -0.25) is 4.79 Å². The second-order valence-electron chi connectivity index (χ2n) is 4.33. The average molecular weight is 216 g/mol. The highest BCUT2D eigenvalue weighted by molar-refractivity contribution is 6.06. The summed E-state index contributed by atoms with van der Waals surface area (Å²) in [4.78, 5) is 15.1. The van der Waals surface area contributed by atoms with Crippen molar-refractivity contribution in [3.8, 4) is 0 Å². The van der Waals surface area contributed by atoms with Gasteiger partial charge in [0.15, 0.2) is 0 Å². The maximum atomic E-state index is 11.9. The number of carbonyl (C=O) groups is 1. The van der Waals surface area contributed by atoms with Crippen LogP contribution in [0.25, 0.3) is 10.9 Å². The minimum atomic E-state index is -0.0255. The van der Waals surface area contributed by atoms with Crippen LogP contribution in [0.2, 0.25) is 0 Å². The number of carbonyl (C=O) groups excluding carboxylic acids is 1. The lowest BCUT2D eigenvalue weighted by Gasteiger charge is -2.08. The molecule has 0 fully saturated rings. The molecule has 0 aliphatic heterocycles. The first-order chi connectivity index (χ1) is 7.59. The van der Waals surface area contributed by atoms with Crippen LogP contribution >= 0.6 is 0 Å². The molecular formula is C13H16N2O. The van der Waals surface area contributed by atoms with Crippen molar-refractivity contribution < 1.29 is 4.79 Å². The molecule has 0 aliphatic carbocycles. The zero-order valence-electron chi connectivity index (χ0n) is 9.79. The van der Waals surface area contributed by atoms with Gasteiger partial charge in [-0.1, -0.05) is 12.1 Å². The Morgan fingerprint density at radius 1 is 1.38 bits per heavy atom. The third-order valence-corrected chi connectivity index (χ3v) is 2.59. The maximum absolute atomic E-state index is 11.9. The van der Waals surface area contributed by atoms with Crippen molar-refractivity contribution in [2.24, 2.45) is 0 Å². The maximum Gasteiger partial charge on any atom is 0.253 e. The minimum absolute atomic E-state index is 0.0255. The zero-order chi connectivity index (χ0) is 11.7. The Kier molecular flexibility index (Phi) is 2.69. The van der Waals surface area contributed by atoms with Gasteiger partial charge in [-0.2, -0.15) is 0 Å². The smallest absolute Gasteiger partial charge is 0.253 e. The fourth-order valence-corrected chi connectivity index (χ4v) is 1.82. The second kappa shape index (κ2) is 4.00. The summed E-state index contributed by atoms with van der Waals surface area (Å²) in [5.41, 5.74) is 2.78. The van der Waals surface area contributed by atoms with Crippen molar-refractivity contribution in [3.05, 3.63) is 35.5 Å². The summed E-state index contributed by atoms with van der Waals surface area (Å²) >= 11 is 0. The van der Waals surface area contributed by atoms with E-state index in [9.17, 15) is 4.79 Å². The number of para-hydroxylation sites is 1. The van der Waals surface area contributed by atoms with Crippen LogP contribution in [0.4, 0.5) is 0 Å². The molecule has 0 spiro atoms. The summed E-state index contributed by atoms with van der Waals surface area (Å²) < 4.78 is 0. The molecule has 0 unspecified atom stereocenters. The highest BCUT2D eigenvalue weighted by atomic mass is 16.1. The number of benzene rings is 1. The Hall–Kier alpha value is -1.77. The Bertz CT molecular complexity index is 526. The predicted molar refractivity (Wildman–Crippen MR) is 65.6 cm³/mol. The quantitative estimate of drug-likeness (QED) is 0.796. The SMILES string of the molecule is Cc1c[nH]c2c(C(=O)NC(C)C)cccc12. The second-order valence-corrected chi connectivity index (χ2v) is 4.33. The van der Waals surface area contributed by atoms with E-state index in [-0.39, 0.29) is 11.9 Å². The summed E-state index contributed by atoms with van der Waals surface area (Å²) in [6.45, 7) is 5.94. The molecule has 1 heterocycles. The van der Waals surface area contributed by atoms with Gasteiger partial charge in [0.25, 0.3) is 5.91 Å². The monoisotopic (exact) mass is 216 g/mol. The normalized spacial score (nSPS) is 11.0. The summed E-state index contributed by atoms with van der Waals surface area (Å²) in [5, 5.41) is 4.01. The molecule has 1 aromatic carbocycles. The van der Waals surface area contributed by atoms with E-state index in [1.54, 1.807) is 0 Å². The highest BCUT2D eigenvalue weighted by Crippen LogP contribution is 2.20. The van der Waals surface area contributed by atoms with Crippen LogP contribution in [0.3, 0.4) is 0 Å². The van der Waals surface area contributed by atoms with Crippen LogP contribution in [-0.4, -0.2) is 16.9 Å². The molecule has 1 amide bonds. The van der Waals surface area contributed by atoms with E-state index in [0.29, 0.717) is 5.56 Å². The van der Waals surface area contributed by atoms with Crippen LogP contribution < -0.4 is 5.32 Å². The third kappa shape index (κ3) is 1.81. The van der Waals surface area contributed by atoms with Crippen molar-refractivity contribution in [2.75, 3.05) is 0 Å². The molecule has 0 radical (unpaired) electrons. The third-order valence-electron chi connectivity index (χ3n) is 2.59. The Labute approximate surface area is 94.9 Å². The molecule has 1 aromatic heterocycles. The largest absolute Gasteiger partial charge is 0.360 e. The van der Waals surface area contributed by atoms with E-state index < -0.39 is 0 Å². The van der Waals surface area contributed by atoms with Gasteiger partial charge < -0.3 is 10.3 Å². The molecule has 0 aliphatic rings. The van der Waals surface area contributed by atoms with E-state index in [0.717, 1.165) is 16.5 Å². The first kappa shape index (κ1) is 10.7. The molecule has 3 heteroatoms. The number of aromatic nitrogens is 1. The molecule has 0 bridgehead atoms. The van der Waals surface area contributed by atoms with Gasteiger partial charge in [-0.25, -0.2) is 0 Å². The van der Waals surface area contributed by atoms with Crippen LogP contribution in [0, 0.1) is 6.92 Å². The molecular weight excluding hydrogens is 200 g/mol. The molecule has 16 heavy (non-hydrogen) atoms. The fourth-order valence-electron chi connectivity index (χ4n) is 1.82. The summed E-state index contributed by atoms with van der Waals surface area (Å²) in [5.74, 6) is -0.0255. The number of hydrogen-bond acceptors (Lipinski definition) is 1. The van der Waals surface area contributed by atoms with Crippen molar-refractivity contribution in [3.63, 3.8) is 0 Å². The van der Waals surface area contributed by atoms with E-state index in [1.165, 1.54) is 0 Å². The van der Waals surface area contributed by atoms with Gasteiger partial charge in [-0.05, 0) is 32.4 Å². The number of nitrogens with one attached hydrogen (secondary N) is 2. The molecule has 0 atom stereocenters. The first-order valence-electron chi connectivity index (χ1n) is 5.47. The minimum Gasteiger partial charge on any atom is -0.360 e. The van der Waals surface area contributed by atoms with Crippen LogP contribution in [0.1, 0.15) is 29.8 Å². The highest BCUT2D eigenvalue weighted by Gasteiger charge is 2.12. The van der Waals surface area contributed by atoms with E-state index >= 15 is 0 Å². The van der Waals surface area contributed by atoms with E-state index in [4.69, 9.17) is 0 Å². The first-order valence-corrected chi connectivity index (χ1v) is 5.47. The number of rotatable bonds is 2.